The molecule has 1 aromatic carbocycles. The van der Waals surface area contributed by atoms with E-state index >= 15 is 0 Å². The topological polar surface area (TPSA) is 61.8 Å². The maximum Gasteiger partial charge on any atom is 0.280 e. The molecule has 0 unspecified atom stereocenters. The van der Waals surface area contributed by atoms with Crippen molar-refractivity contribution in [3.05, 3.63) is 20.6 Å². The minimum absolute atomic E-state index is 0.0504. The largest absolute Gasteiger partial charge is 0.506 e. The molecule has 2 saturated heterocycles. The molecule has 2 fully saturated rings. The highest BCUT2D eigenvalue weighted by atomic mass is 79.9. The predicted octanol–water partition coefficient (Wildman–Crippen LogP) is 3.49. The number of benzene rings is 1. The van der Waals surface area contributed by atoms with Crippen molar-refractivity contribution >= 4 is 37.8 Å². The first-order chi connectivity index (χ1) is 11.6. The molecule has 3 heterocycles. The zero-order valence-electron chi connectivity index (χ0n) is 13.3. The second kappa shape index (κ2) is 6.18. The molecular weight excluding hydrogens is 440 g/mol. The SMILES string of the molecule is O=C1NCCC[C@@H]2c3c(cc(Br)c(O)c3Br)O[C@]12N1CCCCC1. The van der Waals surface area contributed by atoms with Gasteiger partial charge in [-0.25, -0.2) is 0 Å². The highest BCUT2D eigenvalue weighted by Crippen LogP contribution is 2.56. The van der Waals surface area contributed by atoms with Crippen LogP contribution in [0, 0.1) is 0 Å². The van der Waals surface area contributed by atoms with Crippen LogP contribution in [0.1, 0.15) is 43.6 Å². The number of carbonyl (C=O) groups excluding carboxylic acids is 1. The van der Waals surface area contributed by atoms with Gasteiger partial charge in [0, 0.05) is 25.2 Å². The summed E-state index contributed by atoms with van der Waals surface area (Å²) in [5, 5.41) is 13.4. The normalized spacial score (nSPS) is 30.1. The molecule has 0 aliphatic carbocycles. The summed E-state index contributed by atoms with van der Waals surface area (Å²) >= 11 is 6.90. The van der Waals surface area contributed by atoms with E-state index < -0.39 is 5.72 Å². The molecule has 24 heavy (non-hydrogen) atoms. The number of hydrogen-bond acceptors (Lipinski definition) is 4. The van der Waals surface area contributed by atoms with E-state index in [4.69, 9.17) is 4.74 Å². The van der Waals surface area contributed by atoms with Crippen molar-refractivity contribution in [2.75, 3.05) is 19.6 Å². The number of phenols is 1. The standard InChI is InChI=1S/C17H20Br2N2O3/c18-11-9-12-13(14(19)15(11)22)10-5-4-6-20-16(23)17(10,24-12)21-7-2-1-3-8-21/h9-10,22H,1-8H2,(H,20,23)/t10-,17+/m1/s1. The van der Waals surface area contributed by atoms with E-state index in [9.17, 15) is 9.90 Å². The molecule has 0 spiro atoms. The maximum atomic E-state index is 13.1. The third-order valence-electron chi connectivity index (χ3n) is 5.39. The number of piperidine rings is 1. The summed E-state index contributed by atoms with van der Waals surface area (Å²) in [6.07, 6.45) is 5.11. The summed E-state index contributed by atoms with van der Waals surface area (Å²) in [7, 11) is 0. The minimum atomic E-state index is -0.991. The molecule has 4 rings (SSSR count). The van der Waals surface area contributed by atoms with Gasteiger partial charge in [-0.3, -0.25) is 9.69 Å². The first kappa shape index (κ1) is 16.7. The number of rotatable bonds is 1. The van der Waals surface area contributed by atoms with E-state index in [0.717, 1.165) is 44.3 Å². The van der Waals surface area contributed by atoms with Crippen LogP contribution in [0.15, 0.2) is 15.0 Å². The van der Waals surface area contributed by atoms with Gasteiger partial charge in [-0.2, -0.15) is 0 Å². The van der Waals surface area contributed by atoms with Gasteiger partial charge in [0.25, 0.3) is 5.91 Å². The molecule has 3 aliphatic rings. The number of nitrogens with one attached hydrogen (secondary N) is 1. The zero-order chi connectivity index (χ0) is 16.9. The number of amides is 1. The fraction of sp³-hybridized carbons (Fsp3) is 0.588. The molecule has 0 saturated carbocycles. The average molecular weight is 460 g/mol. The zero-order valence-corrected chi connectivity index (χ0v) is 16.5. The first-order valence-electron chi connectivity index (χ1n) is 8.49. The molecule has 7 heteroatoms. The lowest BCUT2D eigenvalue weighted by Crippen LogP contribution is -2.64. The molecule has 1 amide bonds. The van der Waals surface area contributed by atoms with Crippen molar-refractivity contribution in [3.8, 4) is 11.5 Å². The Kier molecular flexibility index (Phi) is 4.29. The minimum Gasteiger partial charge on any atom is -0.506 e. The van der Waals surface area contributed by atoms with Crippen LogP contribution in [0.2, 0.25) is 0 Å². The van der Waals surface area contributed by atoms with Gasteiger partial charge in [-0.15, -0.1) is 0 Å². The smallest absolute Gasteiger partial charge is 0.280 e. The predicted molar refractivity (Wildman–Crippen MR) is 97.3 cm³/mol. The van der Waals surface area contributed by atoms with Gasteiger partial charge in [-0.05, 0) is 63.6 Å². The van der Waals surface area contributed by atoms with Gasteiger partial charge in [-0.1, -0.05) is 6.42 Å². The molecule has 0 bridgehead atoms. The maximum absolute atomic E-state index is 13.1. The van der Waals surface area contributed by atoms with E-state index in [-0.39, 0.29) is 17.6 Å². The van der Waals surface area contributed by atoms with Gasteiger partial charge in [0.2, 0.25) is 5.72 Å². The molecule has 0 radical (unpaired) electrons. The van der Waals surface area contributed by atoms with Gasteiger partial charge >= 0.3 is 0 Å². The fourth-order valence-electron chi connectivity index (χ4n) is 4.28. The van der Waals surface area contributed by atoms with Crippen LogP contribution in [0.5, 0.6) is 11.5 Å². The van der Waals surface area contributed by atoms with E-state index in [1.54, 1.807) is 6.07 Å². The van der Waals surface area contributed by atoms with Gasteiger partial charge in [0.1, 0.15) is 11.5 Å². The highest BCUT2D eigenvalue weighted by molar-refractivity contribution is 9.11. The fourth-order valence-corrected chi connectivity index (χ4v) is 5.64. The van der Waals surface area contributed by atoms with Gasteiger partial charge < -0.3 is 15.2 Å². The number of aromatic hydroxyl groups is 1. The van der Waals surface area contributed by atoms with Crippen molar-refractivity contribution < 1.29 is 14.6 Å². The lowest BCUT2D eigenvalue weighted by Gasteiger charge is -2.43. The molecular formula is C17H20Br2N2O3. The Labute approximate surface area is 158 Å². The number of hydrogen-bond donors (Lipinski definition) is 2. The van der Waals surface area contributed by atoms with Crippen LogP contribution in [-0.4, -0.2) is 41.3 Å². The number of halogens is 2. The van der Waals surface area contributed by atoms with Crippen LogP contribution in [0.3, 0.4) is 0 Å². The summed E-state index contributed by atoms with van der Waals surface area (Å²) < 4.78 is 7.59. The van der Waals surface area contributed by atoms with Crippen LogP contribution in [0.4, 0.5) is 0 Å². The lowest BCUT2D eigenvalue weighted by molar-refractivity contribution is -0.159. The Balaban J connectivity index is 1.88. The Bertz CT molecular complexity index is 691. The van der Waals surface area contributed by atoms with E-state index in [1.807, 2.05) is 0 Å². The first-order valence-corrected chi connectivity index (χ1v) is 10.1. The average Bonchev–Trinajstić information content (AvgIpc) is 2.83. The molecule has 1 aromatic rings. The molecule has 5 nitrogen and oxygen atoms in total. The van der Waals surface area contributed by atoms with Crippen molar-refractivity contribution in [2.24, 2.45) is 0 Å². The Morgan fingerprint density at radius 1 is 1.25 bits per heavy atom. The van der Waals surface area contributed by atoms with Crippen molar-refractivity contribution in [3.63, 3.8) is 0 Å². The second-order valence-electron chi connectivity index (χ2n) is 6.73. The Hall–Kier alpha value is -0.790. The number of nitrogens with zero attached hydrogens (tertiary/aromatic N) is 1. The van der Waals surface area contributed by atoms with Crippen LogP contribution in [-0.2, 0) is 4.79 Å². The molecule has 130 valence electrons. The second-order valence-corrected chi connectivity index (χ2v) is 8.38. The van der Waals surface area contributed by atoms with Gasteiger partial charge in [0.15, 0.2) is 0 Å². The molecule has 2 atom stereocenters. The number of ether oxygens (including phenoxy) is 1. The van der Waals surface area contributed by atoms with E-state index in [2.05, 4.69) is 42.1 Å². The third-order valence-corrected chi connectivity index (χ3v) is 6.79. The van der Waals surface area contributed by atoms with Crippen LogP contribution >= 0.6 is 31.9 Å². The lowest BCUT2D eigenvalue weighted by atomic mass is 9.84. The summed E-state index contributed by atoms with van der Waals surface area (Å²) in [5.41, 5.74) is -0.0760. The van der Waals surface area contributed by atoms with Crippen molar-refractivity contribution in [1.82, 2.24) is 10.2 Å². The van der Waals surface area contributed by atoms with Crippen LogP contribution in [0.25, 0.3) is 0 Å². The molecule has 3 aliphatic heterocycles. The van der Waals surface area contributed by atoms with Crippen molar-refractivity contribution in [1.29, 1.82) is 0 Å². The van der Waals surface area contributed by atoms with Crippen LogP contribution < -0.4 is 10.1 Å². The summed E-state index contributed by atoms with van der Waals surface area (Å²) in [5.74, 6) is 0.711. The number of phenolic OH excluding ortho intramolecular Hbond substituents is 1. The van der Waals surface area contributed by atoms with E-state index in [1.165, 1.54) is 6.42 Å². The summed E-state index contributed by atoms with van der Waals surface area (Å²) in [4.78, 5) is 15.3. The molecule has 2 N–H and O–H groups in total. The summed E-state index contributed by atoms with van der Waals surface area (Å²) in [6, 6.07) is 1.78. The number of fused-ring (bicyclic) bond motifs is 3. The molecule has 0 aromatic heterocycles. The van der Waals surface area contributed by atoms with Gasteiger partial charge in [0.05, 0.1) is 14.9 Å². The highest BCUT2D eigenvalue weighted by Gasteiger charge is 2.59. The van der Waals surface area contributed by atoms with Crippen molar-refractivity contribution in [2.45, 2.75) is 43.7 Å². The number of likely N-dealkylation sites (tertiary alicyclic amines) is 1. The quantitative estimate of drug-likeness (QED) is 0.674. The third kappa shape index (κ3) is 2.31. The van der Waals surface area contributed by atoms with E-state index in [0.29, 0.717) is 21.2 Å². The number of carbonyl (C=O) groups is 1. The monoisotopic (exact) mass is 458 g/mol. The summed E-state index contributed by atoms with van der Waals surface area (Å²) in [6.45, 7) is 2.40. The Morgan fingerprint density at radius 2 is 2.00 bits per heavy atom. The Morgan fingerprint density at radius 3 is 2.75 bits per heavy atom.